The first-order valence-electron chi connectivity index (χ1n) is 11.7. The van der Waals surface area contributed by atoms with Crippen molar-refractivity contribution in [1.29, 1.82) is 0 Å². The summed E-state index contributed by atoms with van der Waals surface area (Å²) in [6.07, 6.45) is 0.820. The average Bonchev–Trinajstić information content (AvgIpc) is 3.28. The summed E-state index contributed by atoms with van der Waals surface area (Å²) in [7, 11) is 0. The van der Waals surface area contributed by atoms with E-state index < -0.39 is 16.8 Å². The molecule has 186 valence electrons. The highest BCUT2D eigenvalue weighted by Gasteiger charge is 2.45. The number of carbonyl (C=O) groups excluding carboxylic acids is 2. The van der Waals surface area contributed by atoms with Crippen molar-refractivity contribution in [3.63, 3.8) is 0 Å². The Labute approximate surface area is 207 Å². The van der Waals surface area contributed by atoms with Gasteiger partial charge in [-0.3, -0.25) is 14.9 Å². The fourth-order valence-corrected chi connectivity index (χ4v) is 5.15. The minimum atomic E-state index is -0.983. The van der Waals surface area contributed by atoms with Crippen LogP contribution in [0, 0.1) is 15.5 Å². The third-order valence-electron chi connectivity index (χ3n) is 6.70. The summed E-state index contributed by atoms with van der Waals surface area (Å²) < 4.78 is 16.5. The van der Waals surface area contributed by atoms with Crippen molar-refractivity contribution in [2.24, 2.45) is 5.41 Å². The van der Waals surface area contributed by atoms with Gasteiger partial charge in [-0.1, -0.05) is 44.2 Å². The van der Waals surface area contributed by atoms with Crippen LogP contribution in [0.1, 0.15) is 50.7 Å². The lowest BCUT2D eigenvalue weighted by atomic mass is 9.68. The molecule has 1 N–H and O–H groups in total. The average molecular weight is 491 g/mol. The molecule has 0 spiro atoms. The number of hydrogen-bond acceptors (Lipinski definition) is 8. The summed E-state index contributed by atoms with van der Waals surface area (Å²) in [5.74, 6) is -1.22. The van der Waals surface area contributed by atoms with Gasteiger partial charge in [0.25, 0.3) is 5.69 Å². The number of fused-ring (bicyclic) bond motifs is 1. The number of benzene rings is 2. The molecule has 3 aliphatic rings. The fourth-order valence-electron chi connectivity index (χ4n) is 5.15. The molecule has 0 bridgehead atoms. The van der Waals surface area contributed by atoms with E-state index in [-0.39, 0.29) is 53.6 Å². The number of nitrogens with one attached hydrogen (secondary N) is 1. The van der Waals surface area contributed by atoms with Crippen LogP contribution in [0.25, 0.3) is 0 Å². The second-order valence-corrected chi connectivity index (χ2v) is 10.0. The van der Waals surface area contributed by atoms with Gasteiger partial charge in [0.1, 0.15) is 6.61 Å². The van der Waals surface area contributed by atoms with Gasteiger partial charge in [-0.05, 0) is 30.4 Å². The number of allylic oxidation sites excluding steroid dienone is 3. The van der Waals surface area contributed by atoms with E-state index in [4.69, 9.17) is 14.2 Å². The molecular formula is C27H26N2O7. The van der Waals surface area contributed by atoms with Crippen LogP contribution < -0.4 is 14.8 Å². The minimum absolute atomic E-state index is 0.0271. The van der Waals surface area contributed by atoms with Crippen molar-refractivity contribution in [3.05, 3.63) is 86.2 Å². The lowest BCUT2D eigenvalue weighted by molar-refractivity contribution is -0.385. The third-order valence-corrected chi connectivity index (χ3v) is 6.70. The molecule has 2 heterocycles. The zero-order valence-corrected chi connectivity index (χ0v) is 20.3. The molecule has 0 aromatic heterocycles. The molecule has 0 amide bonds. The largest absolute Gasteiger partial charge is 0.457 e. The highest BCUT2D eigenvalue weighted by Crippen LogP contribution is 2.51. The number of ketones is 1. The number of nitro groups is 1. The van der Waals surface area contributed by atoms with E-state index >= 15 is 0 Å². The van der Waals surface area contributed by atoms with Gasteiger partial charge < -0.3 is 19.5 Å². The summed E-state index contributed by atoms with van der Waals surface area (Å²) in [4.78, 5) is 38.6. The van der Waals surface area contributed by atoms with Crippen LogP contribution in [0.4, 0.5) is 5.69 Å². The number of Topliss-reactive ketones (excluding diaryl/α,β-unsaturated/α-hetero) is 1. The first-order chi connectivity index (χ1) is 17.1. The van der Waals surface area contributed by atoms with E-state index in [0.717, 1.165) is 5.56 Å². The molecule has 0 saturated carbocycles. The van der Waals surface area contributed by atoms with Crippen molar-refractivity contribution < 1.29 is 28.7 Å². The highest BCUT2D eigenvalue weighted by molar-refractivity contribution is 6.04. The molecule has 2 aromatic rings. The molecule has 1 aliphatic carbocycles. The van der Waals surface area contributed by atoms with Crippen molar-refractivity contribution in [3.8, 4) is 11.5 Å². The molecule has 9 heteroatoms. The maximum Gasteiger partial charge on any atom is 0.337 e. The molecule has 5 rings (SSSR count). The molecule has 1 unspecified atom stereocenters. The van der Waals surface area contributed by atoms with Crippen molar-refractivity contribution in [1.82, 2.24) is 5.32 Å². The maximum absolute atomic E-state index is 13.5. The number of esters is 1. The van der Waals surface area contributed by atoms with Gasteiger partial charge in [0, 0.05) is 29.0 Å². The van der Waals surface area contributed by atoms with Crippen LogP contribution in [0.15, 0.2) is 65.0 Å². The van der Waals surface area contributed by atoms with E-state index in [1.807, 2.05) is 44.2 Å². The summed E-state index contributed by atoms with van der Waals surface area (Å²) >= 11 is 0. The van der Waals surface area contributed by atoms with Crippen LogP contribution in [-0.2, 0) is 20.9 Å². The number of nitrogens with zero attached hydrogens (tertiary/aromatic N) is 1. The maximum atomic E-state index is 13.5. The van der Waals surface area contributed by atoms with Gasteiger partial charge >= 0.3 is 5.97 Å². The van der Waals surface area contributed by atoms with Crippen molar-refractivity contribution in [2.45, 2.75) is 46.1 Å². The van der Waals surface area contributed by atoms with Gasteiger partial charge in [0.05, 0.1) is 22.5 Å². The topological polar surface area (TPSA) is 117 Å². The zero-order chi connectivity index (χ0) is 25.6. The van der Waals surface area contributed by atoms with Crippen LogP contribution >= 0.6 is 0 Å². The standard InChI is InChI=1S/C27H26N2O7/c1-15-23(26(31)34-13-16-7-5-4-6-8-16)24(25-18(28-15)11-27(2,3)12-20(25)30)17-9-21-22(36-14-35-21)10-19(17)29(32)33/h4-10,24,28H,11-14H2,1-3H3. The van der Waals surface area contributed by atoms with Crippen LogP contribution in [-0.4, -0.2) is 23.5 Å². The number of ether oxygens (including phenoxy) is 3. The van der Waals surface area contributed by atoms with Crippen molar-refractivity contribution >= 4 is 17.4 Å². The van der Waals surface area contributed by atoms with Crippen molar-refractivity contribution in [2.75, 3.05) is 6.79 Å². The molecule has 2 aromatic carbocycles. The summed E-state index contributed by atoms with van der Waals surface area (Å²) in [6, 6.07) is 12.0. The van der Waals surface area contributed by atoms with E-state index in [2.05, 4.69) is 5.32 Å². The molecule has 0 fully saturated rings. The fraction of sp³-hybridized carbons (Fsp3) is 0.333. The number of nitro benzene ring substituents is 1. The Morgan fingerprint density at radius 1 is 1.17 bits per heavy atom. The smallest absolute Gasteiger partial charge is 0.337 e. The normalized spacial score (nSPS) is 20.1. The van der Waals surface area contributed by atoms with Crippen LogP contribution in [0.5, 0.6) is 11.5 Å². The SMILES string of the molecule is CC1=C(C(=O)OCc2ccccc2)C(c2cc3c(cc2[N+](=O)[O-])OCO3)C2=C(CC(C)(C)CC2=O)N1. The Hall–Kier alpha value is -4.14. The van der Waals surface area contributed by atoms with Gasteiger partial charge in [0.2, 0.25) is 6.79 Å². The predicted octanol–water partition coefficient (Wildman–Crippen LogP) is 4.67. The molecule has 0 saturated heterocycles. The van der Waals surface area contributed by atoms with Gasteiger partial charge in [-0.15, -0.1) is 0 Å². The quantitative estimate of drug-likeness (QED) is 0.365. The van der Waals surface area contributed by atoms with Crippen LogP contribution in [0.2, 0.25) is 0 Å². The lowest BCUT2D eigenvalue weighted by Crippen LogP contribution is -2.38. The summed E-state index contributed by atoms with van der Waals surface area (Å²) in [5.41, 5.74) is 2.13. The second kappa shape index (κ2) is 8.82. The van der Waals surface area contributed by atoms with E-state index in [0.29, 0.717) is 29.1 Å². The first kappa shape index (κ1) is 23.6. The van der Waals surface area contributed by atoms with E-state index in [1.54, 1.807) is 6.92 Å². The lowest BCUT2D eigenvalue weighted by Gasteiger charge is -2.39. The Balaban J connectivity index is 1.64. The Bertz CT molecular complexity index is 1340. The highest BCUT2D eigenvalue weighted by atomic mass is 16.7. The van der Waals surface area contributed by atoms with Gasteiger partial charge in [-0.2, -0.15) is 0 Å². The molecule has 2 aliphatic heterocycles. The third kappa shape index (κ3) is 4.21. The van der Waals surface area contributed by atoms with Gasteiger partial charge in [-0.25, -0.2) is 4.79 Å². The summed E-state index contributed by atoms with van der Waals surface area (Å²) in [5, 5.41) is 15.4. The Kier molecular flexibility index (Phi) is 5.78. The van der Waals surface area contributed by atoms with Crippen LogP contribution in [0.3, 0.4) is 0 Å². The summed E-state index contributed by atoms with van der Waals surface area (Å²) in [6.45, 7) is 5.68. The van der Waals surface area contributed by atoms with E-state index in [1.165, 1.54) is 12.1 Å². The van der Waals surface area contributed by atoms with E-state index in [9.17, 15) is 19.7 Å². The monoisotopic (exact) mass is 490 g/mol. The first-order valence-corrected chi connectivity index (χ1v) is 11.7. The molecule has 36 heavy (non-hydrogen) atoms. The Morgan fingerprint density at radius 3 is 2.56 bits per heavy atom. The second-order valence-electron chi connectivity index (χ2n) is 10.0. The molecule has 0 radical (unpaired) electrons. The Morgan fingerprint density at radius 2 is 1.86 bits per heavy atom. The number of hydrogen-bond donors (Lipinski definition) is 1. The molecular weight excluding hydrogens is 464 g/mol. The minimum Gasteiger partial charge on any atom is -0.457 e. The zero-order valence-electron chi connectivity index (χ0n) is 20.3. The predicted molar refractivity (Wildman–Crippen MR) is 129 cm³/mol. The number of dihydropyridines is 1. The molecule has 9 nitrogen and oxygen atoms in total. The number of rotatable bonds is 5. The molecule has 1 atom stereocenters. The number of carbonyl (C=O) groups is 2. The van der Waals surface area contributed by atoms with Gasteiger partial charge in [0.15, 0.2) is 17.3 Å².